The van der Waals surface area contributed by atoms with Crippen LogP contribution in [-0.2, 0) is 11.2 Å². The number of aromatic nitrogens is 2. The first-order chi connectivity index (χ1) is 9.06. The molecule has 1 aromatic rings. The van der Waals surface area contributed by atoms with Gasteiger partial charge in [0.15, 0.2) is 0 Å². The average molecular weight is 268 g/mol. The molecule has 106 valence electrons. The van der Waals surface area contributed by atoms with Gasteiger partial charge in [0.1, 0.15) is 0 Å². The number of nitrogens with zero attached hydrogens (tertiary/aromatic N) is 1. The molecule has 1 saturated heterocycles. The SMILES string of the molecule is CCc1c(O)n(C(C)C2CCOCC2)c(=O)[nH]c1=O. The zero-order valence-corrected chi connectivity index (χ0v) is 11.3. The summed E-state index contributed by atoms with van der Waals surface area (Å²) in [5.74, 6) is 0.0724. The molecule has 0 spiro atoms. The van der Waals surface area contributed by atoms with E-state index in [1.165, 1.54) is 4.57 Å². The third-order valence-corrected chi connectivity index (χ3v) is 3.92. The van der Waals surface area contributed by atoms with E-state index in [4.69, 9.17) is 4.74 Å². The predicted molar refractivity (Wildman–Crippen MR) is 70.6 cm³/mol. The molecule has 0 bridgehead atoms. The van der Waals surface area contributed by atoms with E-state index >= 15 is 0 Å². The maximum absolute atomic E-state index is 11.9. The van der Waals surface area contributed by atoms with Crippen LogP contribution in [0.15, 0.2) is 9.59 Å². The summed E-state index contributed by atoms with van der Waals surface area (Å²) in [6, 6.07) is -0.154. The van der Waals surface area contributed by atoms with Gasteiger partial charge in [-0.15, -0.1) is 0 Å². The Kier molecular flexibility index (Phi) is 4.09. The highest BCUT2D eigenvalue weighted by Crippen LogP contribution is 2.29. The fraction of sp³-hybridized carbons (Fsp3) is 0.692. The van der Waals surface area contributed by atoms with Gasteiger partial charge < -0.3 is 9.84 Å². The number of ether oxygens (including phenoxy) is 1. The summed E-state index contributed by atoms with van der Waals surface area (Å²) in [4.78, 5) is 25.8. The third-order valence-electron chi connectivity index (χ3n) is 3.92. The van der Waals surface area contributed by atoms with Crippen LogP contribution in [0.5, 0.6) is 5.88 Å². The Balaban J connectivity index is 2.43. The average Bonchev–Trinajstić information content (AvgIpc) is 2.39. The van der Waals surface area contributed by atoms with Crippen LogP contribution in [0.25, 0.3) is 0 Å². The minimum absolute atomic E-state index is 0.154. The largest absolute Gasteiger partial charge is 0.494 e. The van der Waals surface area contributed by atoms with Crippen molar-refractivity contribution in [1.82, 2.24) is 9.55 Å². The Hall–Kier alpha value is -1.56. The molecule has 6 heteroatoms. The van der Waals surface area contributed by atoms with Crippen LogP contribution in [0.2, 0.25) is 0 Å². The third kappa shape index (κ3) is 2.58. The van der Waals surface area contributed by atoms with Crippen molar-refractivity contribution in [3.05, 3.63) is 26.4 Å². The molecular formula is C13H20N2O4. The normalized spacial score (nSPS) is 18.4. The fourth-order valence-electron chi connectivity index (χ4n) is 2.68. The van der Waals surface area contributed by atoms with E-state index in [1.807, 2.05) is 6.92 Å². The molecule has 2 N–H and O–H groups in total. The predicted octanol–water partition coefficient (Wildman–Crippen LogP) is 0.792. The van der Waals surface area contributed by atoms with Crippen LogP contribution in [0, 0.1) is 5.92 Å². The number of hydrogen-bond donors (Lipinski definition) is 2. The highest BCUT2D eigenvalue weighted by atomic mass is 16.5. The first-order valence-corrected chi connectivity index (χ1v) is 6.70. The van der Waals surface area contributed by atoms with Gasteiger partial charge in [0.2, 0.25) is 5.88 Å². The number of aromatic hydroxyl groups is 1. The molecule has 1 atom stereocenters. The fourth-order valence-corrected chi connectivity index (χ4v) is 2.68. The molecule has 2 heterocycles. The summed E-state index contributed by atoms with van der Waals surface area (Å²) in [6.07, 6.45) is 2.10. The monoisotopic (exact) mass is 268 g/mol. The quantitative estimate of drug-likeness (QED) is 0.849. The van der Waals surface area contributed by atoms with Gasteiger partial charge in [-0.3, -0.25) is 14.3 Å². The van der Waals surface area contributed by atoms with Crippen molar-refractivity contribution in [2.75, 3.05) is 13.2 Å². The van der Waals surface area contributed by atoms with Gasteiger partial charge in [0.05, 0.1) is 5.56 Å². The Morgan fingerprint density at radius 1 is 1.42 bits per heavy atom. The summed E-state index contributed by atoms with van der Waals surface area (Å²) in [7, 11) is 0. The van der Waals surface area contributed by atoms with E-state index in [-0.39, 0.29) is 23.4 Å². The number of hydrogen-bond acceptors (Lipinski definition) is 4. The molecule has 0 radical (unpaired) electrons. The zero-order chi connectivity index (χ0) is 14.0. The van der Waals surface area contributed by atoms with E-state index < -0.39 is 11.2 Å². The summed E-state index contributed by atoms with van der Waals surface area (Å²) in [6.45, 7) is 5.02. The molecule has 1 unspecified atom stereocenters. The summed E-state index contributed by atoms with van der Waals surface area (Å²) >= 11 is 0. The molecule has 1 fully saturated rings. The van der Waals surface area contributed by atoms with Crippen molar-refractivity contribution >= 4 is 0 Å². The molecule has 1 aliphatic heterocycles. The standard InChI is InChI=1S/C13H20N2O4/c1-3-10-11(16)14-13(18)15(12(10)17)8(2)9-4-6-19-7-5-9/h8-9,17H,3-7H2,1-2H3,(H,14,16,18). The van der Waals surface area contributed by atoms with Gasteiger partial charge in [-0.2, -0.15) is 0 Å². The van der Waals surface area contributed by atoms with Gasteiger partial charge in [0.25, 0.3) is 5.56 Å². The molecule has 0 amide bonds. The second-order valence-corrected chi connectivity index (χ2v) is 4.98. The minimum atomic E-state index is -0.543. The van der Waals surface area contributed by atoms with Crippen molar-refractivity contribution in [3.63, 3.8) is 0 Å². The first-order valence-electron chi connectivity index (χ1n) is 6.70. The number of nitrogens with one attached hydrogen (secondary N) is 1. The number of rotatable bonds is 3. The molecule has 0 saturated carbocycles. The van der Waals surface area contributed by atoms with Gasteiger partial charge in [-0.1, -0.05) is 6.92 Å². The van der Waals surface area contributed by atoms with Gasteiger partial charge >= 0.3 is 5.69 Å². The molecule has 1 aromatic heterocycles. The molecule has 2 rings (SSSR count). The van der Waals surface area contributed by atoms with Crippen LogP contribution < -0.4 is 11.2 Å². The second-order valence-electron chi connectivity index (χ2n) is 4.98. The Labute approximate surface area is 111 Å². The Bertz CT molecular complexity index is 555. The van der Waals surface area contributed by atoms with E-state index in [0.717, 1.165) is 12.8 Å². The van der Waals surface area contributed by atoms with E-state index in [9.17, 15) is 14.7 Å². The van der Waals surface area contributed by atoms with Gasteiger partial charge in [0, 0.05) is 19.3 Å². The summed E-state index contributed by atoms with van der Waals surface area (Å²) < 4.78 is 6.60. The second kappa shape index (κ2) is 5.61. The lowest BCUT2D eigenvalue weighted by molar-refractivity contribution is 0.0493. The lowest BCUT2D eigenvalue weighted by atomic mass is 9.92. The van der Waals surface area contributed by atoms with Crippen LogP contribution >= 0.6 is 0 Å². The number of H-pyrrole nitrogens is 1. The lowest BCUT2D eigenvalue weighted by Gasteiger charge is -2.29. The summed E-state index contributed by atoms with van der Waals surface area (Å²) in [5, 5.41) is 10.2. The lowest BCUT2D eigenvalue weighted by Crippen LogP contribution is -2.37. The topological polar surface area (TPSA) is 84.3 Å². The van der Waals surface area contributed by atoms with Crippen molar-refractivity contribution in [2.24, 2.45) is 5.92 Å². The van der Waals surface area contributed by atoms with Gasteiger partial charge in [-0.05, 0) is 32.1 Å². The number of aromatic amines is 1. The maximum atomic E-state index is 11.9. The van der Waals surface area contributed by atoms with Crippen molar-refractivity contribution in [1.29, 1.82) is 0 Å². The molecule has 6 nitrogen and oxygen atoms in total. The highest BCUT2D eigenvalue weighted by Gasteiger charge is 2.25. The Morgan fingerprint density at radius 2 is 2.05 bits per heavy atom. The zero-order valence-electron chi connectivity index (χ0n) is 11.3. The maximum Gasteiger partial charge on any atom is 0.331 e. The van der Waals surface area contributed by atoms with E-state index in [2.05, 4.69) is 4.98 Å². The summed E-state index contributed by atoms with van der Waals surface area (Å²) in [5.41, 5.74) is -0.780. The van der Waals surface area contributed by atoms with E-state index in [0.29, 0.717) is 19.6 Å². The van der Waals surface area contributed by atoms with Crippen molar-refractivity contribution in [3.8, 4) is 5.88 Å². The van der Waals surface area contributed by atoms with Crippen molar-refractivity contribution < 1.29 is 9.84 Å². The van der Waals surface area contributed by atoms with Crippen LogP contribution in [0.1, 0.15) is 38.3 Å². The molecule has 0 aromatic carbocycles. The minimum Gasteiger partial charge on any atom is -0.494 e. The van der Waals surface area contributed by atoms with E-state index in [1.54, 1.807) is 6.92 Å². The Morgan fingerprint density at radius 3 is 2.63 bits per heavy atom. The molecule has 0 aliphatic carbocycles. The van der Waals surface area contributed by atoms with Crippen molar-refractivity contribution in [2.45, 2.75) is 39.2 Å². The smallest absolute Gasteiger partial charge is 0.331 e. The van der Waals surface area contributed by atoms with Crippen LogP contribution in [-0.4, -0.2) is 27.9 Å². The first kappa shape index (κ1) is 13.9. The van der Waals surface area contributed by atoms with Crippen LogP contribution in [0.3, 0.4) is 0 Å². The molecule has 19 heavy (non-hydrogen) atoms. The highest BCUT2D eigenvalue weighted by molar-refractivity contribution is 5.23. The molecular weight excluding hydrogens is 248 g/mol. The van der Waals surface area contributed by atoms with Gasteiger partial charge in [-0.25, -0.2) is 4.79 Å². The van der Waals surface area contributed by atoms with Crippen LogP contribution in [0.4, 0.5) is 0 Å². The molecule has 1 aliphatic rings.